The third kappa shape index (κ3) is 3.46. The quantitative estimate of drug-likeness (QED) is 0.873. The molecule has 0 aliphatic rings. The van der Waals surface area contributed by atoms with Gasteiger partial charge in [0, 0.05) is 28.4 Å². The minimum absolute atomic E-state index is 0.372. The number of hydrogen-bond donors (Lipinski definition) is 2. The summed E-state index contributed by atoms with van der Waals surface area (Å²) >= 11 is 1.85. The van der Waals surface area contributed by atoms with E-state index in [2.05, 4.69) is 36.3 Å². The van der Waals surface area contributed by atoms with Gasteiger partial charge in [-0.3, -0.25) is 4.98 Å². The first-order valence-electron chi connectivity index (χ1n) is 5.66. The Balaban J connectivity index is 1.95. The first kappa shape index (κ1) is 11.9. The number of hydrogen-bond acceptors (Lipinski definition) is 4. The van der Waals surface area contributed by atoms with Crippen molar-refractivity contribution in [3.05, 3.63) is 40.3 Å². The molecule has 90 valence electrons. The summed E-state index contributed by atoms with van der Waals surface area (Å²) in [4.78, 5) is 6.82. The zero-order valence-corrected chi connectivity index (χ0v) is 10.9. The Morgan fingerprint density at radius 1 is 1.41 bits per heavy atom. The van der Waals surface area contributed by atoms with E-state index in [0.29, 0.717) is 11.7 Å². The number of pyridine rings is 1. The third-order valence-corrected chi connectivity index (χ3v) is 3.50. The van der Waals surface area contributed by atoms with Crippen LogP contribution in [0.2, 0.25) is 0 Å². The maximum Gasteiger partial charge on any atom is 0.0549 e. The highest BCUT2D eigenvalue weighted by molar-refractivity contribution is 7.11. The van der Waals surface area contributed by atoms with Crippen molar-refractivity contribution in [3.63, 3.8) is 0 Å². The molecule has 0 radical (unpaired) electrons. The van der Waals surface area contributed by atoms with Gasteiger partial charge >= 0.3 is 0 Å². The van der Waals surface area contributed by atoms with E-state index in [0.717, 1.165) is 12.1 Å². The molecule has 4 heteroatoms. The fourth-order valence-corrected chi connectivity index (χ4v) is 2.79. The summed E-state index contributed by atoms with van der Waals surface area (Å²) in [6, 6.07) is 6.63. The van der Waals surface area contributed by atoms with Gasteiger partial charge in [0.15, 0.2) is 0 Å². The monoisotopic (exact) mass is 247 g/mol. The van der Waals surface area contributed by atoms with E-state index in [1.807, 2.05) is 17.4 Å². The van der Waals surface area contributed by atoms with Crippen molar-refractivity contribution in [2.75, 3.05) is 11.1 Å². The average molecular weight is 247 g/mol. The van der Waals surface area contributed by atoms with Crippen LogP contribution in [0.3, 0.4) is 0 Å². The molecule has 2 heterocycles. The SMILES string of the molecule is Cc1ccc(CC(C)Nc2cncc(N)c2)s1. The minimum Gasteiger partial charge on any atom is -0.397 e. The van der Waals surface area contributed by atoms with Gasteiger partial charge in [0.05, 0.1) is 17.6 Å². The second-order valence-electron chi connectivity index (χ2n) is 4.27. The Morgan fingerprint density at radius 2 is 2.24 bits per heavy atom. The van der Waals surface area contributed by atoms with Crippen LogP contribution < -0.4 is 11.1 Å². The van der Waals surface area contributed by atoms with E-state index < -0.39 is 0 Å². The predicted octanol–water partition coefficient (Wildman–Crippen LogP) is 3.08. The molecule has 0 bridgehead atoms. The average Bonchev–Trinajstić information content (AvgIpc) is 2.63. The number of aryl methyl sites for hydroxylation is 1. The summed E-state index contributed by atoms with van der Waals surface area (Å²) in [7, 11) is 0. The van der Waals surface area contributed by atoms with Crippen LogP contribution in [0, 0.1) is 6.92 Å². The van der Waals surface area contributed by atoms with Crippen molar-refractivity contribution < 1.29 is 0 Å². The Bertz CT molecular complexity index is 493. The fraction of sp³-hybridized carbons (Fsp3) is 0.308. The molecule has 0 saturated heterocycles. The van der Waals surface area contributed by atoms with Gasteiger partial charge in [0.2, 0.25) is 0 Å². The van der Waals surface area contributed by atoms with Crippen LogP contribution in [0.25, 0.3) is 0 Å². The Kier molecular flexibility index (Phi) is 3.64. The lowest BCUT2D eigenvalue weighted by atomic mass is 10.2. The number of nitrogens with one attached hydrogen (secondary N) is 1. The number of thiophene rings is 1. The molecule has 0 aromatic carbocycles. The maximum absolute atomic E-state index is 5.69. The lowest BCUT2D eigenvalue weighted by Gasteiger charge is -2.14. The zero-order valence-electron chi connectivity index (χ0n) is 10.1. The highest BCUT2D eigenvalue weighted by Crippen LogP contribution is 2.18. The van der Waals surface area contributed by atoms with Crippen molar-refractivity contribution in [1.29, 1.82) is 0 Å². The molecular weight excluding hydrogens is 230 g/mol. The van der Waals surface area contributed by atoms with E-state index in [4.69, 9.17) is 5.73 Å². The van der Waals surface area contributed by atoms with Gasteiger partial charge in [0.1, 0.15) is 0 Å². The van der Waals surface area contributed by atoms with E-state index >= 15 is 0 Å². The molecule has 3 N–H and O–H groups in total. The first-order valence-corrected chi connectivity index (χ1v) is 6.47. The molecule has 1 atom stereocenters. The highest BCUT2D eigenvalue weighted by Gasteiger charge is 2.05. The van der Waals surface area contributed by atoms with Crippen LogP contribution in [0.4, 0.5) is 11.4 Å². The van der Waals surface area contributed by atoms with Gasteiger partial charge < -0.3 is 11.1 Å². The molecule has 2 aromatic rings. The van der Waals surface area contributed by atoms with Gasteiger partial charge in [-0.2, -0.15) is 0 Å². The Morgan fingerprint density at radius 3 is 2.88 bits per heavy atom. The molecule has 0 aliphatic carbocycles. The molecule has 2 rings (SSSR count). The third-order valence-electron chi connectivity index (χ3n) is 2.48. The second-order valence-corrected chi connectivity index (χ2v) is 5.64. The molecule has 0 saturated carbocycles. The van der Waals surface area contributed by atoms with Crippen LogP contribution in [0.15, 0.2) is 30.6 Å². The van der Waals surface area contributed by atoms with Gasteiger partial charge in [-0.1, -0.05) is 0 Å². The van der Waals surface area contributed by atoms with E-state index in [1.165, 1.54) is 9.75 Å². The number of nitrogens with zero attached hydrogens (tertiary/aromatic N) is 1. The normalized spacial score (nSPS) is 12.4. The van der Waals surface area contributed by atoms with Crippen LogP contribution in [-0.2, 0) is 6.42 Å². The second kappa shape index (κ2) is 5.19. The predicted molar refractivity (Wildman–Crippen MR) is 74.5 cm³/mol. The highest BCUT2D eigenvalue weighted by atomic mass is 32.1. The molecule has 17 heavy (non-hydrogen) atoms. The smallest absolute Gasteiger partial charge is 0.0549 e. The van der Waals surface area contributed by atoms with Crippen LogP contribution >= 0.6 is 11.3 Å². The molecule has 0 aliphatic heterocycles. The Hall–Kier alpha value is -1.55. The molecule has 3 nitrogen and oxygen atoms in total. The number of aromatic nitrogens is 1. The lowest BCUT2D eigenvalue weighted by molar-refractivity contribution is 0.800. The van der Waals surface area contributed by atoms with Gasteiger partial charge in [0.25, 0.3) is 0 Å². The van der Waals surface area contributed by atoms with Crippen molar-refractivity contribution in [2.24, 2.45) is 0 Å². The lowest BCUT2D eigenvalue weighted by Crippen LogP contribution is -2.17. The fourth-order valence-electron chi connectivity index (χ4n) is 1.77. The largest absolute Gasteiger partial charge is 0.397 e. The van der Waals surface area contributed by atoms with Gasteiger partial charge in [-0.15, -0.1) is 11.3 Å². The summed E-state index contributed by atoms with van der Waals surface area (Å²) in [5.41, 5.74) is 7.36. The Labute approximate surface area is 106 Å². The molecule has 0 amide bonds. The van der Waals surface area contributed by atoms with E-state index in [9.17, 15) is 0 Å². The van der Waals surface area contributed by atoms with E-state index in [1.54, 1.807) is 12.4 Å². The molecule has 2 aromatic heterocycles. The summed E-state index contributed by atoms with van der Waals surface area (Å²) in [6.07, 6.45) is 4.47. The maximum atomic E-state index is 5.69. The molecular formula is C13H17N3S. The summed E-state index contributed by atoms with van der Waals surface area (Å²) < 4.78 is 0. The molecule has 1 unspecified atom stereocenters. The van der Waals surface area contributed by atoms with Gasteiger partial charge in [-0.25, -0.2) is 0 Å². The van der Waals surface area contributed by atoms with Crippen molar-refractivity contribution >= 4 is 22.7 Å². The van der Waals surface area contributed by atoms with Crippen molar-refractivity contribution in [2.45, 2.75) is 26.3 Å². The molecule has 0 fully saturated rings. The van der Waals surface area contributed by atoms with Crippen molar-refractivity contribution in [1.82, 2.24) is 4.98 Å². The van der Waals surface area contributed by atoms with Crippen LogP contribution in [-0.4, -0.2) is 11.0 Å². The number of nitrogens with two attached hydrogens (primary N) is 1. The topological polar surface area (TPSA) is 50.9 Å². The standard InChI is InChI=1S/C13H17N3S/c1-9(5-13-4-3-10(2)17-13)16-12-6-11(14)7-15-8-12/h3-4,6-9,16H,5,14H2,1-2H3. The first-order chi connectivity index (χ1) is 8.13. The van der Waals surface area contributed by atoms with Crippen molar-refractivity contribution in [3.8, 4) is 0 Å². The number of rotatable bonds is 4. The summed E-state index contributed by atoms with van der Waals surface area (Å²) in [5, 5.41) is 3.40. The zero-order chi connectivity index (χ0) is 12.3. The minimum atomic E-state index is 0.372. The molecule has 0 spiro atoms. The number of nitrogen functional groups attached to an aromatic ring is 1. The number of anilines is 2. The van der Waals surface area contributed by atoms with Crippen LogP contribution in [0.1, 0.15) is 16.7 Å². The van der Waals surface area contributed by atoms with E-state index in [-0.39, 0.29) is 0 Å². The van der Waals surface area contributed by atoms with Gasteiger partial charge in [-0.05, 0) is 32.0 Å². The summed E-state index contributed by atoms with van der Waals surface area (Å²) in [5.74, 6) is 0. The summed E-state index contributed by atoms with van der Waals surface area (Å²) in [6.45, 7) is 4.30. The van der Waals surface area contributed by atoms with Crippen LogP contribution in [0.5, 0.6) is 0 Å².